The lowest BCUT2D eigenvalue weighted by Crippen LogP contribution is -2.40. The van der Waals surface area contributed by atoms with Gasteiger partial charge >= 0.3 is 0 Å². The Balaban J connectivity index is 1.59. The molecular weight excluding hydrogens is 388 g/mol. The maximum absolute atomic E-state index is 12.5. The highest BCUT2D eigenvalue weighted by Gasteiger charge is 2.26. The summed E-state index contributed by atoms with van der Waals surface area (Å²) in [6.45, 7) is 3.77. The summed E-state index contributed by atoms with van der Waals surface area (Å²) in [5.41, 5.74) is 3.17. The Bertz CT molecular complexity index is 1030. The Kier molecular flexibility index (Phi) is 6.20. The first-order chi connectivity index (χ1) is 13.8. The molecule has 2 aromatic carbocycles. The number of nitrogens with one attached hydrogen (secondary N) is 1. The second kappa shape index (κ2) is 8.64. The lowest BCUT2D eigenvalue weighted by atomic mass is 9.95. The van der Waals surface area contributed by atoms with E-state index in [1.807, 2.05) is 42.2 Å². The van der Waals surface area contributed by atoms with E-state index < -0.39 is 10.0 Å². The normalized spacial score (nSPS) is 15.0. The summed E-state index contributed by atoms with van der Waals surface area (Å²) in [7, 11) is -3.86. The van der Waals surface area contributed by atoms with Crippen molar-refractivity contribution >= 4 is 21.6 Å². The minimum atomic E-state index is -3.86. The molecule has 1 aliphatic heterocycles. The Labute approximate surface area is 171 Å². The van der Waals surface area contributed by atoms with Crippen LogP contribution in [0.25, 0.3) is 0 Å². The van der Waals surface area contributed by atoms with E-state index in [9.17, 15) is 18.5 Å². The number of amides is 1. The van der Waals surface area contributed by atoms with E-state index >= 15 is 0 Å². The molecule has 0 aromatic heterocycles. The number of hydrogen-bond acceptors (Lipinski definition) is 5. The van der Waals surface area contributed by atoms with Gasteiger partial charge in [-0.2, -0.15) is 5.26 Å². The smallest absolute Gasteiger partial charge is 0.238 e. The van der Waals surface area contributed by atoms with Gasteiger partial charge in [-0.1, -0.05) is 29.8 Å². The number of sulfonamides is 1. The summed E-state index contributed by atoms with van der Waals surface area (Å²) in [5.74, 6) is -0.0405. The fraction of sp³-hybridized carbons (Fsp3) is 0.333. The Hall–Kier alpha value is -2.89. The number of benzene rings is 2. The topological polar surface area (TPSA) is 116 Å². The van der Waals surface area contributed by atoms with Crippen LogP contribution in [0.15, 0.2) is 47.4 Å². The van der Waals surface area contributed by atoms with Crippen molar-refractivity contribution in [1.29, 1.82) is 5.26 Å². The molecule has 1 heterocycles. The van der Waals surface area contributed by atoms with E-state index in [-0.39, 0.29) is 22.3 Å². The van der Waals surface area contributed by atoms with Crippen LogP contribution in [0, 0.1) is 24.2 Å². The molecule has 1 amide bonds. The highest BCUT2D eigenvalue weighted by Crippen LogP contribution is 2.28. The highest BCUT2D eigenvalue weighted by atomic mass is 32.2. The third kappa shape index (κ3) is 5.13. The number of carbonyl (C=O) groups is 1. The van der Waals surface area contributed by atoms with Crippen LogP contribution in [-0.4, -0.2) is 27.4 Å². The van der Waals surface area contributed by atoms with Crippen molar-refractivity contribution in [1.82, 2.24) is 5.32 Å². The molecular formula is C21H24N4O3S. The number of anilines is 1. The van der Waals surface area contributed by atoms with Gasteiger partial charge in [0.05, 0.1) is 16.1 Å². The van der Waals surface area contributed by atoms with Crippen molar-refractivity contribution in [3.8, 4) is 6.07 Å². The van der Waals surface area contributed by atoms with Gasteiger partial charge in [0.25, 0.3) is 0 Å². The van der Waals surface area contributed by atoms with E-state index in [0.717, 1.165) is 5.56 Å². The number of nitriles is 1. The van der Waals surface area contributed by atoms with Crippen LogP contribution in [0.1, 0.15) is 29.5 Å². The van der Waals surface area contributed by atoms with Crippen LogP contribution in [-0.2, 0) is 21.4 Å². The molecule has 0 radical (unpaired) electrons. The second-order valence-electron chi connectivity index (χ2n) is 7.30. The van der Waals surface area contributed by atoms with Crippen molar-refractivity contribution in [2.24, 2.45) is 11.1 Å². The third-order valence-electron chi connectivity index (χ3n) is 5.21. The van der Waals surface area contributed by atoms with Gasteiger partial charge in [0.2, 0.25) is 15.9 Å². The molecule has 0 bridgehead atoms. The fourth-order valence-corrected chi connectivity index (χ4v) is 4.02. The monoisotopic (exact) mass is 412 g/mol. The first-order valence-corrected chi connectivity index (χ1v) is 11.0. The molecule has 0 saturated carbocycles. The van der Waals surface area contributed by atoms with Gasteiger partial charge in [0.1, 0.15) is 6.07 Å². The summed E-state index contributed by atoms with van der Waals surface area (Å²) >= 11 is 0. The number of aryl methyl sites for hydroxylation is 1. The molecule has 7 nitrogen and oxygen atoms in total. The Morgan fingerprint density at radius 1 is 1.21 bits per heavy atom. The number of nitrogens with zero attached hydrogens (tertiary/aromatic N) is 2. The summed E-state index contributed by atoms with van der Waals surface area (Å²) in [6.07, 6.45) is 1.34. The zero-order valence-electron chi connectivity index (χ0n) is 16.3. The van der Waals surface area contributed by atoms with Crippen LogP contribution in [0.5, 0.6) is 0 Å². The van der Waals surface area contributed by atoms with Crippen LogP contribution in [0.3, 0.4) is 0 Å². The highest BCUT2D eigenvalue weighted by molar-refractivity contribution is 7.89. The SMILES string of the molecule is Cc1ccc(CNC(=O)C2CCN(c3ccc(S(N)(=O)=O)cc3C#N)CC2)cc1. The summed E-state index contributed by atoms with van der Waals surface area (Å²) < 4.78 is 23.0. The van der Waals surface area contributed by atoms with Gasteiger partial charge in [-0.05, 0) is 43.5 Å². The van der Waals surface area contributed by atoms with Gasteiger partial charge in [-0.25, -0.2) is 13.6 Å². The van der Waals surface area contributed by atoms with Crippen LogP contribution >= 0.6 is 0 Å². The predicted molar refractivity (Wildman–Crippen MR) is 110 cm³/mol. The molecule has 8 heteroatoms. The van der Waals surface area contributed by atoms with Crippen LogP contribution < -0.4 is 15.4 Å². The minimum absolute atomic E-state index is 0.0373. The van der Waals surface area contributed by atoms with E-state index in [2.05, 4.69) is 5.32 Å². The molecule has 3 rings (SSSR count). The number of nitrogens with two attached hydrogens (primary N) is 1. The first-order valence-electron chi connectivity index (χ1n) is 9.43. The molecule has 152 valence electrons. The van der Waals surface area contributed by atoms with Gasteiger partial charge in [-0.15, -0.1) is 0 Å². The van der Waals surface area contributed by atoms with Crippen LogP contribution in [0.4, 0.5) is 5.69 Å². The predicted octanol–water partition coefficient (Wildman–Crippen LogP) is 2.05. The van der Waals surface area contributed by atoms with Crippen LogP contribution in [0.2, 0.25) is 0 Å². The Morgan fingerprint density at radius 3 is 2.45 bits per heavy atom. The first kappa shape index (κ1) is 20.8. The van der Waals surface area contributed by atoms with Gasteiger partial charge in [0.15, 0.2) is 0 Å². The molecule has 0 spiro atoms. The van der Waals surface area contributed by atoms with E-state index in [1.54, 1.807) is 6.07 Å². The molecule has 0 atom stereocenters. The largest absolute Gasteiger partial charge is 0.370 e. The lowest BCUT2D eigenvalue weighted by molar-refractivity contribution is -0.125. The van der Waals surface area contributed by atoms with Crippen molar-refractivity contribution in [3.05, 3.63) is 59.2 Å². The number of hydrogen-bond donors (Lipinski definition) is 2. The van der Waals surface area contributed by atoms with E-state index in [1.165, 1.54) is 17.7 Å². The molecule has 0 aliphatic carbocycles. The zero-order chi connectivity index (χ0) is 21.0. The van der Waals surface area contributed by atoms with Crippen molar-refractivity contribution in [3.63, 3.8) is 0 Å². The molecule has 0 unspecified atom stereocenters. The van der Waals surface area contributed by atoms with Crippen molar-refractivity contribution < 1.29 is 13.2 Å². The molecule has 1 fully saturated rings. The maximum Gasteiger partial charge on any atom is 0.238 e. The van der Waals surface area contributed by atoms with Gasteiger partial charge in [-0.3, -0.25) is 4.79 Å². The minimum Gasteiger partial charge on any atom is -0.370 e. The molecule has 1 saturated heterocycles. The lowest BCUT2D eigenvalue weighted by Gasteiger charge is -2.33. The number of piperidine rings is 1. The summed E-state index contributed by atoms with van der Waals surface area (Å²) in [6, 6.07) is 14.4. The quantitative estimate of drug-likeness (QED) is 0.780. The standard InChI is InChI=1S/C21H24N4O3S/c1-15-2-4-16(5-3-15)14-24-21(26)17-8-10-25(11-9-17)20-7-6-19(29(23,27)28)12-18(20)13-22/h2-7,12,17H,8-11,14H2,1H3,(H,24,26)(H2,23,27,28). The molecule has 3 N–H and O–H groups in total. The maximum atomic E-state index is 12.5. The van der Waals surface area contributed by atoms with E-state index in [0.29, 0.717) is 38.2 Å². The second-order valence-corrected chi connectivity index (χ2v) is 8.86. The van der Waals surface area contributed by atoms with Gasteiger partial charge in [0, 0.05) is 25.6 Å². The fourth-order valence-electron chi connectivity index (χ4n) is 3.48. The number of primary sulfonamides is 1. The number of carbonyl (C=O) groups excluding carboxylic acids is 1. The number of rotatable bonds is 5. The van der Waals surface area contributed by atoms with Crippen molar-refractivity contribution in [2.75, 3.05) is 18.0 Å². The average Bonchev–Trinajstić information content (AvgIpc) is 2.72. The summed E-state index contributed by atoms with van der Waals surface area (Å²) in [5, 5.41) is 17.5. The van der Waals surface area contributed by atoms with E-state index in [4.69, 9.17) is 5.14 Å². The zero-order valence-corrected chi connectivity index (χ0v) is 17.1. The molecule has 1 aliphatic rings. The average molecular weight is 413 g/mol. The summed E-state index contributed by atoms with van der Waals surface area (Å²) in [4.78, 5) is 14.4. The molecule has 2 aromatic rings. The Morgan fingerprint density at radius 2 is 1.86 bits per heavy atom. The third-order valence-corrected chi connectivity index (χ3v) is 6.12. The van der Waals surface area contributed by atoms with Gasteiger partial charge < -0.3 is 10.2 Å². The molecule has 29 heavy (non-hydrogen) atoms. The van der Waals surface area contributed by atoms with Crippen molar-refractivity contribution in [2.45, 2.75) is 31.2 Å².